The van der Waals surface area contributed by atoms with Crippen molar-refractivity contribution in [2.45, 2.75) is 83.3 Å². The molecule has 0 aliphatic heterocycles. The van der Waals surface area contributed by atoms with E-state index in [1.807, 2.05) is 41.5 Å². The van der Waals surface area contributed by atoms with Crippen LogP contribution >= 0.6 is 0 Å². The number of phenolic OH excluding ortho intramolecular Hbond substituents is 1. The summed E-state index contributed by atoms with van der Waals surface area (Å²) in [6, 6.07) is 8.90. The number of nitrogens with zero attached hydrogens (tertiary/aromatic N) is 1. The van der Waals surface area contributed by atoms with Gasteiger partial charge in [0.25, 0.3) is 5.91 Å². The first-order valence-electron chi connectivity index (χ1n) is 12.9. The highest BCUT2D eigenvalue weighted by Crippen LogP contribution is 2.40. The summed E-state index contributed by atoms with van der Waals surface area (Å²) < 4.78 is 27.0. The quantitative estimate of drug-likeness (QED) is 0.409. The second-order valence-electron chi connectivity index (χ2n) is 12.1. The number of amides is 1. The van der Waals surface area contributed by atoms with Gasteiger partial charge >= 0.3 is 0 Å². The molecular weight excluding hydrogens is 514 g/mol. The molecule has 212 valence electrons. The van der Waals surface area contributed by atoms with Crippen LogP contribution in [-0.2, 0) is 20.7 Å². The van der Waals surface area contributed by atoms with Gasteiger partial charge in [0.1, 0.15) is 10.7 Å². The number of hydrogen-bond donors (Lipinski definition) is 3. The number of terminal acetylenes is 1. The van der Waals surface area contributed by atoms with Crippen molar-refractivity contribution in [1.82, 2.24) is 4.90 Å². The number of hydrogen-bond acceptors (Lipinski definition) is 6. The highest BCUT2D eigenvalue weighted by atomic mass is 32.2. The van der Waals surface area contributed by atoms with E-state index in [0.717, 1.165) is 0 Å². The van der Waals surface area contributed by atoms with Crippen molar-refractivity contribution in [3.63, 3.8) is 0 Å². The lowest BCUT2D eigenvalue weighted by atomic mass is 9.78. The van der Waals surface area contributed by atoms with Gasteiger partial charge in [0, 0.05) is 29.8 Å². The first-order valence-corrected chi connectivity index (χ1v) is 14.3. The minimum absolute atomic E-state index is 0.0213. The van der Waals surface area contributed by atoms with Gasteiger partial charge in [0.15, 0.2) is 0 Å². The number of carbonyl (C=O) groups is 1. The van der Waals surface area contributed by atoms with E-state index < -0.39 is 38.8 Å². The Labute approximate surface area is 233 Å². The van der Waals surface area contributed by atoms with E-state index in [1.54, 1.807) is 12.1 Å². The van der Waals surface area contributed by atoms with Crippen LogP contribution in [0.5, 0.6) is 5.75 Å². The average molecular weight is 556 g/mol. The Morgan fingerprint density at radius 1 is 0.949 bits per heavy atom. The van der Waals surface area contributed by atoms with Crippen LogP contribution in [0.25, 0.3) is 6.08 Å². The predicted octanol–water partition coefficient (Wildman–Crippen LogP) is 4.64. The Kier molecular flexibility index (Phi) is 9.83. The summed E-state index contributed by atoms with van der Waals surface area (Å²) in [5, 5.41) is 30.5. The van der Waals surface area contributed by atoms with E-state index in [1.165, 1.54) is 49.1 Å². The van der Waals surface area contributed by atoms with Gasteiger partial charge in [-0.05, 0) is 72.7 Å². The minimum atomic E-state index is -4.10. The third-order valence-electron chi connectivity index (χ3n) is 6.15. The van der Waals surface area contributed by atoms with Crippen molar-refractivity contribution < 1.29 is 28.5 Å². The molecule has 0 fully saturated rings. The lowest BCUT2D eigenvalue weighted by Crippen LogP contribution is -2.40. The van der Waals surface area contributed by atoms with Crippen LogP contribution in [0, 0.1) is 12.3 Å². The average Bonchev–Trinajstić information content (AvgIpc) is 2.80. The molecule has 0 aromatic heterocycles. The normalized spacial score (nSPS) is 14.4. The fraction of sp³-hybridized carbons (Fsp3) is 0.452. The maximum Gasteiger partial charge on any atom is 0.254 e. The predicted molar refractivity (Wildman–Crippen MR) is 155 cm³/mol. The summed E-state index contributed by atoms with van der Waals surface area (Å²) in [4.78, 5) is 13.9. The Hall–Kier alpha value is -3.12. The third kappa shape index (κ3) is 7.95. The highest BCUT2D eigenvalue weighted by Gasteiger charge is 2.27. The Bertz CT molecular complexity index is 1320. The number of aliphatic hydroxyl groups is 2. The second kappa shape index (κ2) is 12.0. The minimum Gasteiger partial charge on any atom is -0.507 e. The van der Waals surface area contributed by atoms with Crippen LogP contribution in [0.4, 0.5) is 0 Å². The van der Waals surface area contributed by atoms with E-state index in [9.17, 15) is 28.5 Å². The summed E-state index contributed by atoms with van der Waals surface area (Å²) in [5.41, 5.74) is 1.32. The van der Waals surface area contributed by atoms with Gasteiger partial charge in [0.2, 0.25) is 9.84 Å². The third-order valence-corrected chi connectivity index (χ3v) is 7.85. The molecule has 7 nitrogen and oxygen atoms in total. The van der Waals surface area contributed by atoms with E-state index >= 15 is 0 Å². The monoisotopic (exact) mass is 555 g/mol. The zero-order valence-corrected chi connectivity index (χ0v) is 24.9. The molecule has 39 heavy (non-hydrogen) atoms. The molecule has 0 spiro atoms. The van der Waals surface area contributed by atoms with Crippen molar-refractivity contribution in [3.8, 4) is 18.1 Å². The molecule has 3 N–H and O–H groups in total. The second-order valence-corrected chi connectivity index (χ2v) is 14.0. The maximum atomic E-state index is 13.5. The fourth-order valence-corrected chi connectivity index (χ4v) is 5.39. The summed E-state index contributed by atoms with van der Waals surface area (Å²) in [5.74, 6) is 2.03. The van der Waals surface area contributed by atoms with Crippen LogP contribution in [0.3, 0.4) is 0 Å². The Morgan fingerprint density at radius 2 is 1.38 bits per heavy atom. The van der Waals surface area contributed by atoms with Gasteiger partial charge in [-0.2, -0.15) is 0 Å². The van der Waals surface area contributed by atoms with Crippen molar-refractivity contribution in [1.29, 1.82) is 0 Å². The summed E-state index contributed by atoms with van der Waals surface area (Å²) >= 11 is 0. The molecule has 2 atom stereocenters. The molecule has 2 aromatic rings. The maximum absolute atomic E-state index is 13.5. The van der Waals surface area contributed by atoms with Gasteiger partial charge in [-0.3, -0.25) is 4.79 Å². The number of sulfone groups is 1. The van der Waals surface area contributed by atoms with Gasteiger partial charge in [0.05, 0.1) is 17.1 Å². The smallest absolute Gasteiger partial charge is 0.254 e. The molecule has 2 unspecified atom stereocenters. The van der Waals surface area contributed by atoms with Crippen molar-refractivity contribution in [2.24, 2.45) is 0 Å². The molecule has 2 aromatic carbocycles. The molecule has 0 radical (unpaired) electrons. The first-order chi connectivity index (χ1) is 17.8. The summed E-state index contributed by atoms with van der Waals surface area (Å²) in [6.45, 7) is 14.9. The van der Waals surface area contributed by atoms with E-state index in [0.29, 0.717) is 16.7 Å². The molecular formula is C31H41NO6S. The van der Waals surface area contributed by atoms with Crippen molar-refractivity contribution >= 4 is 21.8 Å². The standard InChI is InChI=1S/C31H41NO6S/c1-10-24(15-22-16-26(30(4,5)6)28(35)27(17-22)31(7,8)9)39(37,38)25-13-11-23(12-14-25)29(36)32(18-20(2)33)19-21(3)34/h1,11-17,20-21,33-35H,18-19H2,2-9H3/b24-15+. The fourth-order valence-electron chi connectivity index (χ4n) is 4.20. The van der Waals surface area contributed by atoms with Crippen molar-refractivity contribution in [2.75, 3.05) is 13.1 Å². The van der Waals surface area contributed by atoms with Crippen LogP contribution in [0.1, 0.15) is 82.4 Å². The summed E-state index contributed by atoms with van der Waals surface area (Å²) in [7, 11) is -4.10. The number of aromatic hydroxyl groups is 1. The van der Waals surface area contributed by atoms with E-state index in [2.05, 4.69) is 5.92 Å². The SMILES string of the molecule is C#C/C(=C\c1cc(C(C)(C)C)c(O)c(C(C)(C)C)c1)S(=O)(=O)c1ccc(C(=O)N(CC(C)O)CC(C)O)cc1. The number of aliphatic hydroxyl groups excluding tert-OH is 2. The Balaban J connectivity index is 2.54. The van der Waals surface area contributed by atoms with Gasteiger partial charge in [-0.25, -0.2) is 8.42 Å². The zero-order chi connectivity index (χ0) is 29.9. The molecule has 0 aliphatic carbocycles. The van der Waals surface area contributed by atoms with E-state index in [4.69, 9.17) is 6.42 Å². The lowest BCUT2D eigenvalue weighted by molar-refractivity contribution is 0.0518. The van der Waals surface area contributed by atoms with Crippen molar-refractivity contribution in [3.05, 3.63) is 63.6 Å². The number of phenols is 1. The highest BCUT2D eigenvalue weighted by molar-refractivity contribution is 7.95. The van der Waals surface area contributed by atoms with Gasteiger partial charge < -0.3 is 20.2 Å². The number of carbonyl (C=O) groups excluding carboxylic acids is 1. The van der Waals surface area contributed by atoms with Gasteiger partial charge in [-0.15, -0.1) is 6.42 Å². The number of allylic oxidation sites excluding steroid dienone is 1. The summed E-state index contributed by atoms with van der Waals surface area (Å²) in [6.07, 6.45) is 5.50. The van der Waals surface area contributed by atoms with Crippen LogP contribution in [-0.4, -0.2) is 59.8 Å². The largest absolute Gasteiger partial charge is 0.507 e. The molecule has 0 saturated carbocycles. The molecule has 1 amide bonds. The molecule has 0 heterocycles. The van der Waals surface area contributed by atoms with E-state index in [-0.39, 0.29) is 34.2 Å². The van der Waals surface area contributed by atoms with Gasteiger partial charge in [-0.1, -0.05) is 47.5 Å². The van der Waals surface area contributed by atoms with Crippen LogP contribution in [0.2, 0.25) is 0 Å². The molecule has 2 rings (SSSR count). The molecule has 0 aliphatic rings. The molecule has 8 heteroatoms. The first kappa shape index (κ1) is 32.1. The Morgan fingerprint density at radius 3 is 1.74 bits per heavy atom. The molecule has 0 saturated heterocycles. The van der Waals surface area contributed by atoms with Crippen LogP contribution in [0.15, 0.2) is 46.2 Å². The lowest BCUT2D eigenvalue weighted by Gasteiger charge is -2.28. The number of benzene rings is 2. The molecule has 0 bridgehead atoms. The topological polar surface area (TPSA) is 115 Å². The zero-order valence-electron chi connectivity index (χ0n) is 24.1. The number of rotatable bonds is 8. The van der Waals surface area contributed by atoms with Crippen LogP contribution < -0.4 is 0 Å².